The van der Waals surface area contributed by atoms with E-state index in [0.29, 0.717) is 6.29 Å². The predicted molar refractivity (Wildman–Crippen MR) is 33.4 cm³/mol. The van der Waals surface area contributed by atoms with Crippen molar-refractivity contribution in [1.29, 1.82) is 0 Å². The number of Topliss-reactive ketones (excluding diaryl/α,β-unsaturated/α-hetero) is 1. The van der Waals surface area contributed by atoms with E-state index in [0.717, 1.165) is 0 Å². The smallest absolute Gasteiger partial charge is 0.189 e. The maximum atomic E-state index is 10.6. The van der Waals surface area contributed by atoms with Crippen molar-refractivity contribution in [3.8, 4) is 0 Å². The third-order valence-electron chi connectivity index (χ3n) is 1.23. The van der Waals surface area contributed by atoms with Gasteiger partial charge in [0.05, 0.1) is 0 Å². The molecule has 58 valence electrons. The van der Waals surface area contributed by atoms with E-state index in [2.05, 4.69) is 0 Å². The van der Waals surface area contributed by atoms with Crippen LogP contribution in [0.4, 0.5) is 0 Å². The Morgan fingerprint density at radius 1 is 1.70 bits per heavy atom. The topological polar surface area (TPSA) is 74.6 Å². The van der Waals surface area contributed by atoms with Gasteiger partial charge in [-0.15, -0.1) is 0 Å². The van der Waals surface area contributed by atoms with Crippen LogP contribution in [0.1, 0.15) is 13.3 Å². The van der Waals surface area contributed by atoms with E-state index in [1.54, 1.807) is 0 Å². The summed E-state index contributed by atoms with van der Waals surface area (Å²) < 4.78 is 0. The van der Waals surface area contributed by atoms with Gasteiger partial charge in [0.25, 0.3) is 0 Å². The van der Waals surface area contributed by atoms with Crippen LogP contribution < -0.4 is 0 Å². The first kappa shape index (κ1) is 9.26. The number of aliphatic hydroxyl groups excluding tert-OH is 1. The number of aldehydes is 1. The molecule has 4 nitrogen and oxygen atoms in total. The predicted octanol–water partition coefficient (Wildman–Crippen LogP) is -1.11. The Hall–Kier alpha value is -0.740. The lowest BCUT2D eigenvalue weighted by atomic mass is 9.98. The molecule has 1 unspecified atom stereocenters. The molecule has 0 saturated carbocycles. The van der Waals surface area contributed by atoms with Crippen LogP contribution in [0.3, 0.4) is 0 Å². The van der Waals surface area contributed by atoms with Crippen LogP contribution in [-0.4, -0.2) is 34.5 Å². The van der Waals surface area contributed by atoms with Gasteiger partial charge in [0.2, 0.25) is 0 Å². The molecule has 2 N–H and O–H groups in total. The highest BCUT2D eigenvalue weighted by Gasteiger charge is 2.28. The summed E-state index contributed by atoms with van der Waals surface area (Å²) in [6.45, 7) is 0.459. The molecule has 10 heavy (non-hydrogen) atoms. The van der Waals surface area contributed by atoms with Gasteiger partial charge in [-0.25, -0.2) is 0 Å². The Bertz CT molecular complexity index is 139. The minimum absolute atomic E-state index is 0.271. The van der Waals surface area contributed by atoms with E-state index in [1.807, 2.05) is 0 Å². The summed E-state index contributed by atoms with van der Waals surface area (Å²) in [7, 11) is 0. The van der Waals surface area contributed by atoms with Crippen molar-refractivity contribution in [2.45, 2.75) is 18.9 Å². The summed E-state index contributed by atoms with van der Waals surface area (Å²) in [5.74, 6) is -0.736. The Morgan fingerprint density at radius 2 is 2.20 bits per heavy atom. The number of hydrogen-bond donors (Lipinski definition) is 2. The molecule has 0 aromatic rings. The lowest BCUT2D eigenvalue weighted by Crippen LogP contribution is -2.37. The van der Waals surface area contributed by atoms with Crippen LogP contribution in [0.15, 0.2) is 0 Å². The lowest BCUT2D eigenvalue weighted by Gasteiger charge is -2.16. The van der Waals surface area contributed by atoms with Gasteiger partial charge in [-0.2, -0.15) is 0 Å². The number of ketones is 1. The summed E-state index contributed by atoms with van der Waals surface area (Å²) >= 11 is 0. The first-order valence-corrected chi connectivity index (χ1v) is 2.85. The van der Waals surface area contributed by atoms with Crippen molar-refractivity contribution in [3.63, 3.8) is 0 Å². The van der Waals surface area contributed by atoms with E-state index in [4.69, 9.17) is 10.2 Å². The fourth-order valence-corrected chi connectivity index (χ4v) is 0.446. The highest BCUT2D eigenvalue weighted by Crippen LogP contribution is 2.07. The molecule has 0 heterocycles. The van der Waals surface area contributed by atoms with Gasteiger partial charge in [-0.1, -0.05) is 0 Å². The van der Waals surface area contributed by atoms with E-state index >= 15 is 0 Å². The third kappa shape index (κ3) is 2.24. The van der Waals surface area contributed by atoms with Crippen LogP contribution in [0.25, 0.3) is 0 Å². The van der Waals surface area contributed by atoms with Gasteiger partial charge in [0.1, 0.15) is 18.5 Å². The molecule has 0 aromatic carbocycles. The molecule has 0 fully saturated rings. The molecular weight excluding hydrogens is 136 g/mol. The van der Waals surface area contributed by atoms with E-state index in [1.165, 1.54) is 6.92 Å². The lowest BCUT2D eigenvalue weighted by molar-refractivity contribution is -0.141. The quantitative estimate of drug-likeness (QED) is 0.493. The summed E-state index contributed by atoms with van der Waals surface area (Å²) in [6.07, 6.45) is 0.167. The van der Waals surface area contributed by atoms with Crippen molar-refractivity contribution in [2.75, 3.05) is 6.61 Å². The Morgan fingerprint density at radius 3 is 2.50 bits per heavy atom. The van der Waals surface area contributed by atoms with Gasteiger partial charge >= 0.3 is 0 Å². The fourth-order valence-electron chi connectivity index (χ4n) is 0.446. The Kier molecular flexibility index (Phi) is 3.18. The normalized spacial score (nSPS) is 15.9. The molecule has 0 aliphatic carbocycles. The molecular formula is C6H10O4. The molecule has 0 rings (SSSR count). The van der Waals surface area contributed by atoms with Crippen molar-refractivity contribution in [1.82, 2.24) is 0 Å². The molecule has 0 aliphatic rings. The molecule has 0 bridgehead atoms. The average Bonchev–Trinajstić information content (AvgIpc) is 1.86. The molecule has 1 atom stereocenters. The maximum absolute atomic E-state index is 10.6. The van der Waals surface area contributed by atoms with Crippen LogP contribution in [0.2, 0.25) is 0 Å². The number of carbonyl (C=O) groups is 2. The highest BCUT2D eigenvalue weighted by atomic mass is 16.3. The number of hydrogen-bond acceptors (Lipinski definition) is 4. The van der Waals surface area contributed by atoms with Crippen molar-refractivity contribution >= 4 is 12.1 Å². The fraction of sp³-hybridized carbons (Fsp3) is 0.667. The minimum Gasteiger partial charge on any atom is -0.388 e. The zero-order valence-corrected chi connectivity index (χ0v) is 5.70. The van der Waals surface area contributed by atoms with Gasteiger partial charge in [0, 0.05) is 6.42 Å². The standard InChI is InChI=1S/C6H10O4/c1-6(10,2-3-7)5(9)4-8/h3,8,10H,2,4H2,1H3. The molecule has 0 amide bonds. The number of rotatable bonds is 4. The first-order valence-electron chi connectivity index (χ1n) is 2.85. The Balaban J connectivity index is 4.08. The van der Waals surface area contributed by atoms with Crippen LogP contribution in [-0.2, 0) is 9.59 Å². The van der Waals surface area contributed by atoms with Gasteiger partial charge < -0.3 is 15.0 Å². The maximum Gasteiger partial charge on any atom is 0.189 e. The second-order valence-corrected chi connectivity index (χ2v) is 2.23. The monoisotopic (exact) mass is 146 g/mol. The second kappa shape index (κ2) is 3.43. The molecule has 0 spiro atoms. The van der Waals surface area contributed by atoms with E-state index < -0.39 is 18.0 Å². The summed E-state index contributed by atoms with van der Waals surface area (Å²) in [6, 6.07) is 0. The van der Waals surface area contributed by atoms with Crippen LogP contribution in [0, 0.1) is 0 Å². The van der Waals surface area contributed by atoms with Crippen LogP contribution >= 0.6 is 0 Å². The van der Waals surface area contributed by atoms with Gasteiger partial charge in [0.15, 0.2) is 5.78 Å². The van der Waals surface area contributed by atoms with Crippen molar-refractivity contribution < 1.29 is 19.8 Å². The molecule has 0 saturated heterocycles. The molecule has 0 aliphatic heterocycles. The SMILES string of the molecule is CC(O)(CC=O)C(=O)CO. The van der Waals surface area contributed by atoms with Gasteiger partial charge in [-0.3, -0.25) is 4.79 Å². The zero-order valence-electron chi connectivity index (χ0n) is 5.70. The number of carbonyl (C=O) groups excluding carboxylic acids is 2. The van der Waals surface area contributed by atoms with E-state index in [-0.39, 0.29) is 6.42 Å². The van der Waals surface area contributed by atoms with Gasteiger partial charge in [-0.05, 0) is 6.92 Å². The van der Waals surface area contributed by atoms with Crippen molar-refractivity contribution in [2.24, 2.45) is 0 Å². The molecule has 4 heteroatoms. The summed E-state index contributed by atoms with van der Waals surface area (Å²) in [4.78, 5) is 20.4. The van der Waals surface area contributed by atoms with Crippen molar-refractivity contribution in [3.05, 3.63) is 0 Å². The van der Waals surface area contributed by atoms with E-state index in [9.17, 15) is 9.59 Å². The second-order valence-electron chi connectivity index (χ2n) is 2.23. The molecule has 0 aromatic heterocycles. The summed E-state index contributed by atoms with van der Waals surface area (Å²) in [5.41, 5.74) is -1.70. The van der Waals surface area contributed by atoms with Crippen LogP contribution in [0.5, 0.6) is 0 Å². The Labute approximate surface area is 58.5 Å². The summed E-state index contributed by atoms with van der Waals surface area (Å²) in [5, 5.41) is 17.3. The minimum atomic E-state index is -1.70. The largest absolute Gasteiger partial charge is 0.388 e. The average molecular weight is 146 g/mol. The third-order valence-corrected chi connectivity index (χ3v) is 1.23. The zero-order chi connectivity index (χ0) is 8.20. The molecule has 0 radical (unpaired) electrons. The first-order chi connectivity index (χ1) is 4.54. The number of aliphatic hydroxyl groups is 2. The highest BCUT2D eigenvalue weighted by molar-refractivity contribution is 5.89.